The molecule has 2 rings (SSSR count). The number of nitrogens with one attached hydrogen (secondary N) is 1. The van der Waals surface area contributed by atoms with Crippen LogP contribution < -0.4 is 5.32 Å². The van der Waals surface area contributed by atoms with Crippen molar-refractivity contribution in [1.82, 2.24) is 5.32 Å². The second-order valence-electron chi connectivity index (χ2n) is 4.30. The third-order valence-electron chi connectivity index (χ3n) is 3.29. The van der Waals surface area contributed by atoms with Gasteiger partial charge in [-0.1, -0.05) is 6.42 Å². The Morgan fingerprint density at radius 2 is 2.25 bits per heavy atom. The van der Waals surface area contributed by atoms with Crippen molar-refractivity contribution in [3.05, 3.63) is 0 Å². The molecule has 70 valence electrons. The summed E-state index contributed by atoms with van der Waals surface area (Å²) in [7, 11) is 0. The normalized spacial score (nSPS) is 43.2. The lowest BCUT2D eigenvalue weighted by Crippen LogP contribution is -2.52. The molecule has 2 aliphatic rings. The van der Waals surface area contributed by atoms with Gasteiger partial charge >= 0.3 is 0 Å². The maximum absolute atomic E-state index is 3.72. The van der Waals surface area contributed by atoms with E-state index in [1.165, 1.54) is 44.4 Å². The third-order valence-corrected chi connectivity index (χ3v) is 4.97. The van der Waals surface area contributed by atoms with Gasteiger partial charge in [-0.15, -0.1) is 0 Å². The van der Waals surface area contributed by atoms with Crippen LogP contribution in [0.15, 0.2) is 0 Å². The lowest BCUT2D eigenvalue weighted by Gasteiger charge is -2.39. The molecule has 2 heteroatoms. The minimum Gasteiger partial charge on any atom is -0.310 e. The predicted octanol–water partition coefficient (Wildman–Crippen LogP) is 2.41. The molecule has 0 amide bonds. The van der Waals surface area contributed by atoms with Crippen molar-refractivity contribution in [2.45, 2.75) is 49.8 Å². The zero-order valence-corrected chi connectivity index (χ0v) is 8.75. The molecule has 1 nitrogen and oxygen atoms in total. The lowest BCUT2D eigenvalue weighted by molar-refractivity contribution is 0.267. The van der Waals surface area contributed by atoms with Crippen LogP contribution in [0, 0.1) is 0 Å². The Labute approximate surface area is 79.7 Å². The topological polar surface area (TPSA) is 12.0 Å². The SMILES string of the molecule is CC1(C2CCCS2)CCCCN1. The number of hydrogen-bond donors (Lipinski definition) is 1. The van der Waals surface area contributed by atoms with Gasteiger partial charge in [0.05, 0.1) is 0 Å². The lowest BCUT2D eigenvalue weighted by atomic mass is 9.86. The average Bonchev–Trinajstić information content (AvgIpc) is 2.58. The molecule has 0 aromatic rings. The van der Waals surface area contributed by atoms with E-state index in [2.05, 4.69) is 24.0 Å². The minimum absolute atomic E-state index is 0.472. The van der Waals surface area contributed by atoms with Crippen LogP contribution in [0.4, 0.5) is 0 Å². The van der Waals surface area contributed by atoms with E-state index in [0.717, 1.165) is 5.25 Å². The molecule has 2 aliphatic heterocycles. The summed E-state index contributed by atoms with van der Waals surface area (Å²) in [4.78, 5) is 0. The maximum Gasteiger partial charge on any atom is 0.0271 e. The number of hydrogen-bond acceptors (Lipinski definition) is 2. The van der Waals surface area contributed by atoms with Crippen LogP contribution in [-0.4, -0.2) is 23.1 Å². The largest absolute Gasteiger partial charge is 0.310 e. The Balaban J connectivity index is 1.97. The van der Waals surface area contributed by atoms with Crippen molar-refractivity contribution in [3.8, 4) is 0 Å². The van der Waals surface area contributed by atoms with Crippen molar-refractivity contribution in [3.63, 3.8) is 0 Å². The van der Waals surface area contributed by atoms with Crippen LogP contribution in [-0.2, 0) is 0 Å². The predicted molar refractivity (Wildman–Crippen MR) is 55.7 cm³/mol. The Morgan fingerprint density at radius 3 is 2.83 bits per heavy atom. The van der Waals surface area contributed by atoms with E-state index < -0.39 is 0 Å². The molecule has 2 unspecified atom stereocenters. The van der Waals surface area contributed by atoms with Gasteiger partial charge < -0.3 is 5.32 Å². The Morgan fingerprint density at radius 1 is 1.33 bits per heavy atom. The fourth-order valence-electron chi connectivity index (χ4n) is 2.43. The van der Waals surface area contributed by atoms with Crippen molar-refractivity contribution in [2.24, 2.45) is 0 Å². The van der Waals surface area contributed by atoms with E-state index in [0.29, 0.717) is 5.54 Å². The molecule has 0 bridgehead atoms. The summed E-state index contributed by atoms with van der Waals surface area (Å²) in [6, 6.07) is 0. The summed E-state index contributed by atoms with van der Waals surface area (Å²) in [6.07, 6.45) is 7.08. The highest BCUT2D eigenvalue weighted by molar-refractivity contribution is 8.00. The van der Waals surface area contributed by atoms with Gasteiger partial charge in [-0.2, -0.15) is 11.8 Å². The fraction of sp³-hybridized carbons (Fsp3) is 1.00. The first-order valence-electron chi connectivity index (χ1n) is 5.18. The first-order valence-corrected chi connectivity index (χ1v) is 6.23. The molecule has 0 aromatic heterocycles. The summed E-state index contributed by atoms with van der Waals surface area (Å²) in [6.45, 7) is 3.67. The summed E-state index contributed by atoms with van der Waals surface area (Å²) in [5, 5.41) is 4.62. The van der Waals surface area contributed by atoms with Gasteiger partial charge in [-0.3, -0.25) is 0 Å². The van der Waals surface area contributed by atoms with Gasteiger partial charge in [-0.05, 0) is 44.9 Å². The summed E-state index contributed by atoms with van der Waals surface area (Å²) >= 11 is 2.19. The first kappa shape index (κ1) is 8.89. The Bertz CT molecular complexity index is 146. The standard InChI is InChI=1S/C10H19NS/c1-10(6-2-3-7-11-10)9-5-4-8-12-9/h9,11H,2-8H2,1H3. The molecule has 2 atom stereocenters. The summed E-state index contributed by atoms with van der Waals surface area (Å²) in [5.41, 5.74) is 0.472. The van der Waals surface area contributed by atoms with Crippen LogP contribution in [0.1, 0.15) is 39.0 Å². The third kappa shape index (κ3) is 1.64. The molecule has 0 radical (unpaired) electrons. The van der Waals surface area contributed by atoms with Crippen LogP contribution in [0.2, 0.25) is 0 Å². The highest BCUT2D eigenvalue weighted by Gasteiger charge is 2.36. The molecule has 0 spiro atoms. The van der Waals surface area contributed by atoms with Gasteiger partial charge in [0, 0.05) is 10.8 Å². The molecule has 0 saturated carbocycles. The number of thioether (sulfide) groups is 1. The average molecular weight is 185 g/mol. The second kappa shape index (κ2) is 3.59. The van der Waals surface area contributed by atoms with Gasteiger partial charge in [0.15, 0.2) is 0 Å². The molecular formula is C10H19NS. The molecule has 1 N–H and O–H groups in total. The number of rotatable bonds is 1. The van der Waals surface area contributed by atoms with Crippen LogP contribution in [0.25, 0.3) is 0 Å². The van der Waals surface area contributed by atoms with Gasteiger partial charge in [0.25, 0.3) is 0 Å². The number of piperidine rings is 1. The van der Waals surface area contributed by atoms with E-state index in [4.69, 9.17) is 0 Å². The molecular weight excluding hydrogens is 166 g/mol. The Kier molecular flexibility index (Phi) is 2.66. The van der Waals surface area contributed by atoms with E-state index in [-0.39, 0.29) is 0 Å². The minimum atomic E-state index is 0.472. The van der Waals surface area contributed by atoms with Crippen molar-refractivity contribution < 1.29 is 0 Å². The van der Waals surface area contributed by atoms with Crippen molar-refractivity contribution in [1.29, 1.82) is 0 Å². The van der Waals surface area contributed by atoms with Gasteiger partial charge in [0.2, 0.25) is 0 Å². The highest BCUT2D eigenvalue weighted by atomic mass is 32.2. The van der Waals surface area contributed by atoms with Crippen molar-refractivity contribution in [2.75, 3.05) is 12.3 Å². The van der Waals surface area contributed by atoms with E-state index >= 15 is 0 Å². The molecule has 2 fully saturated rings. The monoisotopic (exact) mass is 185 g/mol. The maximum atomic E-state index is 3.72. The first-order chi connectivity index (χ1) is 5.81. The van der Waals surface area contributed by atoms with E-state index in [1.54, 1.807) is 0 Å². The van der Waals surface area contributed by atoms with E-state index in [9.17, 15) is 0 Å². The van der Waals surface area contributed by atoms with Crippen LogP contribution in [0.3, 0.4) is 0 Å². The molecule has 2 saturated heterocycles. The highest BCUT2D eigenvalue weighted by Crippen LogP contribution is 2.38. The van der Waals surface area contributed by atoms with Gasteiger partial charge in [-0.25, -0.2) is 0 Å². The zero-order valence-electron chi connectivity index (χ0n) is 7.94. The van der Waals surface area contributed by atoms with Gasteiger partial charge in [0.1, 0.15) is 0 Å². The van der Waals surface area contributed by atoms with Crippen LogP contribution >= 0.6 is 11.8 Å². The molecule has 0 aliphatic carbocycles. The van der Waals surface area contributed by atoms with Crippen LogP contribution in [0.5, 0.6) is 0 Å². The zero-order chi connectivity index (χ0) is 8.44. The molecule has 12 heavy (non-hydrogen) atoms. The quantitative estimate of drug-likeness (QED) is 0.673. The van der Waals surface area contributed by atoms with E-state index in [1.807, 2.05) is 0 Å². The summed E-state index contributed by atoms with van der Waals surface area (Å²) in [5.74, 6) is 1.39. The smallest absolute Gasteiger partial charge is 0.0271 e. The fourth-order valence-corrected chi connectivity index (χ4v) is 3.95. The Hall–Kier alpha value is 0.310. The molecule has 0 aromatic carbocycles. The van der Waals surface area contributed by atoms with Crippen molar-refractivity contribution >= 4 is 11.8 Å². The summed E-state index contributed by atoms with van der Waals surface area (Å²) < 4.78 is 0. The molecule has 2 heterocycles. The second-order valence-corrected chi connectivity index (χ2v) is 5.61.